The van der Waals surface area contributed by atoms with Crippen LogP contribution in [0.3, 0.4) is 0 Å². The van der Waals surface area contributed by atoms with Crippen LogP contribution < -0.4 is 4.90 Å². The van der Waals surface area contributed by atoms with Gasteiger partial charge in [0.15, 0.2) is 0 Å². The molecule has 282 valence electrons. The lowest BCUT2D eigenvalue weighted by Gasteiger charge is -2.28. The van der Waals surface area contributed by atoms with Gasteiger partial charge in [-0.25, -0.2) is 0 Å². The standard InChI is InChI=1S/C58H40N2/c1-3-16-41(17-4-1)43-32-34-44(35-33-43)45-36-38-48(39-37-45)59(49-23-13-22-47(40-49)42-18-5-2-6-19-42)55-28-11-9-25-51(55)52-27-15-31-57-58(52)53-26-10-12-29-56(53)60(57)54-30-14-21-46-20-7-8-24-50(46)54/h1-40H. The minimum Gasteiger partial charge on any atom is -0.310 e. The van der Waals surface area contributed by atoms with Crippen molar-refractivity contribution in [2.24, 2.45) is 0 Å². The normalized spacial score (nSPS) is 11.3. The molecule has 0 radical (unpaired) electrons. The van der Waals surface area contributed by atoms with Crippen LogP contribution in [0, 0.1) is 0 Å². The van der Waals surface area contributed by atoms with Crippen molar-refractivity contribution in [1.82, 2.24) is 4.57 Å². The summed E-state index contributed by atoms with van der Waals surface area (Å²) in [5.74, 6) is 0. The van der Waals surface area contributed by atoms with Crippen molar-refractivity contribution in [1.29, 1.82) is 0 Å². The van der Waals surface area contributed by atoms with E-state index in [1.165, 1.54) is 77.2 Å². The Balaban J connectivity index is 1.09. The summed E-state index contributed by atoms with van der Waals surface area (Å²) in [6.45, 7) is 0. The molecule has 1 aromatic heterocycles. The minimum atomic E-state index is 1.09. The number of fused-ring (bicyclic) bond motifs is 4. The van der Waals surface area contributed by atoms with E-state index >= 15 is 0 Å². The third kappa shape index (κ3) is 6.23. The Labute approximate surface area is 350 Å². The molecule has 0 fully saturated rings. The summed E-state index contributed by atoms with van der Waals surface area (Å²) >= 11 is 0. The Kier molecular flexibility index (Phi) is 8.87. The third-order valence-electron chi connectivity index (χ3n) is 11.8. The molecule has 0 aliphatic rings. The van der Waals surface area contributed by atoms with Crippen LogP contribution in [-0.4, -0.2) is 4.57 Å². The molecule has 0 N–H and O–H groups in total. The molecular formula is C58H40N2. The Morgan fingerprint density at radius 2 is 0.800 bits per heavy atom. The molecule has 11 rings (SSSR count). The van der Waals surface area contributed by atoms with Crippen molar-refractivity contribution in [3.8, 4) is 50.2 Å². The zero-order valence-electron chi connectivity index (χ0n) is 33.0. The summed E-state index contributed by atoms with van der Waals surface area (Å²) in [5.41, 5.74) is 16.4. The maximum Gasteiger partial charge on any atom is 0.0547 e. The number of nitrogens with zero attached hydrogens (tertiary/aromatic N) is 2. The third-order valence-corrected chi connectivity index (χ3v) is 11.8. The van der Waals surface area contributed by atoms with Gasteiger partial charge < -0.3 is 9.47 Å². The smallest absolute Gasteiger partial charge is 0.0547 e. The molecule has 0 atom stereocenters. The molecule has 0 aliphatic carbocycles. The zero-order valence-corrected chi connectivity index (χ0v) is 33.0. The highest BCUT2D eigenvalue weighted by Crippen LogP contribution is 2.46. The number of hydrogen-bond donors (Lipinski definition) is 0. The molecule has 2 nitrogen and oxygen atoms in total. The molecule has 11 aromatic rings. The quantitative estimate of drug-likeness (QED) is 0.150. The molecule has 0 bridgehead atoms. The van der Waals surface area contributed by atoms with Crippen molar-refractivity contribution >= 4 is 49.6 Å². The molecule has 10 aromatic carbocycles. The van der Waals surface area contributed by atoms with Gasteiger partial charge in [-0.15, -0.1) is 0 Å². The second-order valence-electron chi connectivity index (χ2n) is 15.3. The largest absolute Gasteiger partial charge is 0.310 e. The highest BCUT2D eigenvalue weighted by Gasteiger charge is 2.22. The van der Waals surface area contributed by atoms with Crippen LogP contribution in [0.1, 0.15) is 0 Å². The lowest BCUT2D eigenvalue weighted by Crippen LogP contribution is -2.11. The number of aromatic nitrogens is 1. The fourth-order valence-electron chi connectivity index (χ4n) is 8.97. The molecule has 0 saturated heterocycles. The van der Waals surface area contributed by atoms with Gasteiger partial charge in [-0.3, -0.25) is 0 Å². The first-order chi connectivity index (χ1) is 29.8. The van der Waals surface area contributed by atoms with Gasteiger partial charge in [-0.05, 0) is 92.9 Å². The lowest BCUT2D eigenvalue weighted by molar-refractivity contribution is 1.20. The summed E-state index contributed by atoms with van der Waals surface area (Å²) in [6, 6.07) is 87.9. The number of rotatable bonds is 8. The van der Waals surface area contributed by atoms with Gasteiger partial charge in [0.25, 0.3) is 0 Å². The second-order valence-corrected chi connectivity index (χ2v) is 15.3. The van der Waals surface area contributed by atoms with E-state index in [0.29, 0.717) is 0 Å². The summed E-state index contributed by atoms with van der Waals surface area (Å²) in [6.07, 6.45) is 0. The topological polar surface area (TPSA) is 8.17 Å². The fourth-order valence-corrected chi connectivity index (χ4v) is 8.97. The second kappa shape index (κ2) is 15.1. The maximum atomic E-state index is 2.45. The number of hydrogen-bond acceptors (Lipinski definition) is 1. The van der Waals surface area contributed by atoms with Crippen molar-refractivity contribution < 1.29 is 0 Å². The molecular weight excluding hydrogens is 725 g/mol. The van der Waals surface area contributed by atoms with Gasteiger partial charge in [0.05, 0.1) is 22.4 Å². The Morgan fingerprint density at radius 1 is 0.300 bits per heavy atom. The first-order valence-corrected chi connectivity index (χ1v) is 20.6. The van der Waals surface area contributed by atoms with Gasteiger partial charge in [-0.2, -0.15) is 0 Å². The highest BCUT2D eigenvalue weighted by molar-refractivity contribution is 6.17. The zero-order chi connectivity index (χ0) is 39.8. The van der Waals surface area contributed by atoms with Crippen LogP contribution in [0.25, 0.3) is 82.8 Å². The van der Waals surface area contributed by atoms with Crippen molar-refractivity contribution in [3.05, 3.63) is 243 Å². The SMILES string of the molecule is c1ccc(-c2ccc(-c3ccc(N(c4cccc(-c5ccccc5)c4)c4ccccc4-c4cccc5c4c4ccccc4n5-c4cccc5ccccc45)cc3)cc2)cc1. The molecule has 60 heavy (non-hydrogen) atoms. The van der Waals surface area contributed by atoms with Crippen molar-refractivity contribution in [3.63, 3.8) is 0 Å². The van der Waals surface area contributed by atoms with E-state index in [0.717, 1.165) is 22.6 Å². The van der Waals surface area contributed by atoms with E-state index in [4.69, 9.17) is 0 Å². The van der Waals surface area contributed by atoms with Gasteiger partial charge in [-0.1, -0.05) is 194 Å². The average molecular weight is 765 g/mol. The maximum absolute atomic E-state index is 2.45. The van der Waals surface area contributed by atoms with E-state index in [-0.39, 0.29) is 0 Å². The Morgan fingerprint density at radius 3 is 1.55 bits per heavy atom. The van der Waals surface area contributed by atoms with Crippen LogP contribution in [0.2, 0.25) is 0 Å². The summed E-state index contributed by atoms with van der Waals surface area (Å²) in [4.78, 5) is 2.42. The van der Waals surface area contributed by atoms with Crippen LogP contribution in [0.5, 0.6) is 0 Å². The van der Waals surface area contributed by atoms with E-state index in [2.05, 4.69) is 252 Å². The number of anilines is 3. The van der Waals surface area contributed by atoms with E-state index < -0.39 is 0 Å². The lowest BCUT2D eigenvalue weighted by atomic mass is 9.96. The predicted octanol–water partition coefficient (Wildman–Crippen LogP) is 16.1. The monoisotopic (exact) mass is 764 g/mol. The molecule has 2 heteroatoms. The van der Waals surface area contributed by atoms with E-state index in [9.17, 15) is 0 Å². The minimum absolute atomic E-state index is 1.09. The summed E-state index contributed by atoms with van der Waals surface area (Å²) < 4.78 is 2.45. The van der Waals surface area contributed by atoms with E-state index in [1.54, 1.807) is 0 Å². The first-order valence-electron chi connectivity index (χ1n) is 20.6. The summed E-state index contributed by atoms with van der Waals surface area (Å²) in [7, 11) is 0. The van der Waals surface area contributed by atoms with Crippen molar-refractivity contribution in [2.75, 3.05) is 4.90 Å². The Bertz CT molecular complexity index is 3280. The predicted molar refractivity (Wildman–Crippen MR) is 255 cm³/mol. The Hall–Kier alpha value is -7.94. The fraction of sp³-hybridized carbons (Fsp3) is 0. The van der Waals surface area contributed by atoms with Gasteiger partial charge in [0.2, 0.25) is 0 Å². The molecule has 0 spiro atoms. The summed E-state index contributed by atoms with van der Waals surface area (Å²) in [5, 5.41) is 4.92. The number of benzene rings is 10. The van der Waals surface area contributed by atoms with E-state index in [1.807, 2.05) is 0 Å². The van der Waals surface area contributed by atoms with Crippen LogP contribution >= 0.6 is 0 Å². The molecule has 0 amide bonds. The molecule has 0 unspecified atom stereocenters. The average Bonchev–Trinajstić information content (AvgIpc) is 3.67. The highest BCUT2D eigenvalue weighted by atomic mass is 15.1. The van der Waals surface area contributed by atoms with Gasteiger partial charge in [0.1, 0.15) is 0 Å². The number of para-hydroxylation sites is 2. The van der Waals surface area contributed by atoms with Crippen LogP contribution in [-0.2, 0) is 0 Å². The molecule has 0 aliphatic heterocycles. The van der Waals surface area contributed by atoms with Gasteiger partial charge >= 0.3 is 0 Å². The molecule has 1 heterocycles. The molecule has 0 saturated carbocycles. The van der Waals surface area contributed by atoms with Gasteiger partial charge in [0, 0.05) is 33.1 Å². The van der Waals surface area contributed by atoms with Crippen LogP contribution in [0.4, 0.5) is 17.1 Å². The van der Waals surface area contributed by atoms with Crippen molar-refractivity contribution in [2.45, 2.75) is 0 Å². The van der Waals surface area contributed by atoms with Crippen LogP contribution in [0.15, 0.2) is 243 Å². The first kappa shape index (κ1) is 35.2.